The molecular formula is C31H47N5O2. The number of ketones is 1. The van der Waals surface area contributed by atoms with Crippen LogP contribution in [0.15, 0.2) is 54.6 Å². The summed E-state index contributed by atoms with van der Waals surface area (Å²) in [5, 5.41) is 14.5. The maximum absolute atomic E-state index is 11.7. The van der Waals surface area contributed by atoms with Gasteiger partial charge in [-0.1, -0.05) is 73.9 Å². The lowest BCUT2D eigenvalue weighted by molar-refractivity contribution is 0.0469. The van der Waals surface area contributed by atoms with E-state index in [0.29, 0.717) is 18.5 Å². The maximum atomic E-state index is 11.7. The third-order valence-electron chi connectivity index (χ3n) is 8.44. The van der Waals surface area contributed by atoms with E-state index in [1.165, 1.54) is 43.2 Å². The van der Waals surface area contributed by atoms with E-state index >= 15 is 0 Å². The van der Waals surface area contributed by atoms with Gasteiger partial charge in [-0.3, -0.25) is 31.2 Å². The number of nitrogens with zero attached hydrogens (tertiary/aromatic N) is 2. The topological polar surface area (TPSA) is 93.9 Å². The minimum Gasteiger partial charge on any atom is -0.377 e. The van der Waals surface area contributed by atoms with Gasteiger partial charge in [0.2, 0.25) is 0 Å². The molecule has 5 N–H and O–H groups in total. The Morgan fingerprint density at radius 1 is 1.00 bits per heavy atom. The fourth-order valence-electron chi connectivity index (χ4n) is 5.98. The number of Topliss-reactive ketones (excluding diaryl/α,β-unsaturated/α-hetero) is 1. The fourth-order valence-corrected chi connectivity index (χ4v) is 5.98. The summed E-state index contributed by atoms with van der Waals surface area (Å²) in [7, 11) is 0. The van der Waals surface area contributed by atoms with Gasteiger partial charge in [0.25, 0.3) is 0 Å². The first kappa shape index (κ1) is 28.9. The van der Waals surface area contributed by atoms with E-state index in [4.69, 9.17) is 5.84 Å². The van der Waals surface area contributed by atoms with Crippen LogP contribution in [0, 0.1) is 5.92 Å². The lowest BCUT2D eigenvalue weighted by Crippen LogP contribution is -2.57. The number of aliphatic hydroxyl groups excluding tert-OH is 1. The summed E-state index contributed by atoms with van der Waals surface area (Å²) in [5.74, 6) is 6.62. The van der Waals surface area contributed by atoms with Crippen LogP contribution in [0.5, 0.6) is 0 Å². The van der Waals surface area contributed by atoms with Gasteiger partial charge in [0.1, 0.15) is 6.23 Å². The van der Waals surface area contributed by atoms with Crippen molar-refractivity contribution in [2.45, 2.75) is 83.3 Å². The monoisotopic (exact) mass is 521 g/mol. The van der Waals surface area contributed by atoms with Gasteiger partial charge >= 0.3 is 0 Å². The smallest absolute Gasteiger partial charge is 0.159 e. The van der Waals surface area contributed by atoms with E-state index in [1.54, 1.807) is 6.92 Å². The molecule has 2 unspecified atom stereocenters. The molecule has 0 bridgehead atoms. The van der Waals surface area contributed by atoms with Gasteiger partial charge in [0.15, 0.2) is 5.78 Å². The number of rotatable bonds is 13. The Bertz CT molecular complexity index is 956. The van der Waals surface area contributed by atoms with Crippen LogP contribution in [0.2, 0.25) is 0 Å². The highest BCUT2D eigenvalue weighted by Crippen LogP contribution is 2.25. The van der Waals surface area contributed by atoms with Crippen LogP contribution >= 0.6 is 0 Å². The molecule has 1 saturated carbocycles. The van der Waals surface area contributed by atoms with Crippen molar-refractivity contribution in [2.24, 2.45) is 11.8 Å². The second kappa shape index (κ2) is 14.9. The number of aliphatic hydroxyl groups is 1. The summed E-state index contributed by atoms with van der Waals surface area (Å²) < 4.78 is 0. The summed E-state index contributed by atoms with van der Waals surface area (Å²) in [6.07, 6.45) is 7.69. The molecule has 7 heteroatoms. The van der Waals surface area contributed by atoms with Crippen molar-refractivity contribution in [1.82, 2.24) is 20.5 Å². The third kappa shape index (κ3) is 8.70. The number of piperidine rings is 1. The van der Waals surface area contributed by atoms with Crippen molar-refractivity contribution in [3.63, 3.8) is 0 Å². The Morgan fingerprint density at radius 2 is 1.68 bits per heavy atom. The molecule has 0 amide bonds. The highest BCUT2D eigenvalue weighted by Gasteiger charge is 2.28. The summed E-state index contributed by atoms with van der Waals surface area (Å²) in [4.78, 5) is 16.7. The molecule has 7 nitrogen and oxygen atoms in total. The number of hydrogen-bond donors (Lipinski definition) is 4. The molecule has 2 aromatic carbocycles. The Labute approximate surface area is 228 Å². The Kier molecular flexibility index (Phi) is 11.3. The van der Waals surface area contributed by atoms with Gasteiger partial charge in [0, 0.05) is 37.8 Å². The minimum absolute atomic E-state index is 0.0872. The lowest BCUT2D eigenvalue weighted by atomic mass is 9.93. The van der Waals surface area contributed by atoms with Crippen LogP contribution in [0.25, 0.3) is 0 Å². The number of carbonyl (C=O) groups excluding carboxylic acids is 1. The molecule has 4 rings (SSSR count). The van der Waals surface area contributed by atoms with Crippen molar-refractivity contribution < 1.29 is 9.90 Å². The fraction of sp³-hybridized carbons (Fsp3) is 0.581. The molecule has 1 heterocycles. The standard InChI is InChI=1S/C31H47N5O2/c1-24(37)28-14-12-27(13-15-28)22-36(29-10-6-3-7-11-29)23-30(34-32)31(38)33-20-25-16-18-35(19-17-25)21-26-8-4-2-5-9-26/h2,4-5,8-9,12-15,25,29-31,33-34,38H,3,6-7,10-11,16-23,32H2,1H3. The van der Waals surface area contributed by atoms with Crippen LogP contribution in [0.1, 0.15) is 73.4 Å². The second-order valence-corrected chi connectivity index (χ2v) is 11.3. The normalized spacial score (nSPS) is 19.5. The van der Waals surface area contributed by atoms with Gasteiger partial charge in [-0.25, -0.2) is 0 Å². The van der Waals surface area contributed by atoms with Gasteiger partial charge in [-0.2, -0.15) is 0 Å². The number of nitrogens with one attached hydrogen (secondary N) is 2. The van der Waals surface area contributed by atoms with E-state index in [9.17, 15) is 9.90 Å². The van der Waals surface area contributed by atoms with Crippen LogP contribution in [0.3, 0.4) is 0 Å². The van der Waals surface area contributed by atoms with E-state index in [-0.39, 0.29) is 11.8 Å². The zero-order valence-corrected chi connectivity index (χ0v) is 23.0. The summed E-state index contributed by atoms with van der Waals surface area (Å²) in [6.45, 7) is 7.05. The van der Waals surface area contributed by atoms with Gasteiger partial charge in [-0.15, -0.1) is 0 Å². The zero-order chi connectivity index (χ0) is 26.7. The average molecular weight is 522 g/mol. The lowest BCUT2D eigenvalue weighted by Gasteiger charge is -2.38. The Balaban J connectivity index is 1.28. The zero-order valence-electron chi connectivity index (χ0n) is 23.0. The van der Waals surface area contributed by atoms with Crippen molar-refractivity contribution >= 4 is 5.78 Å². The average Bonchev–Trinajstić information content (AvgIpc) is 2.96. The van der Waals surface area contributed by atoms with E-state index in [2.05, 4.69) is 63.0 Å². The quantitative estimate of drug-likeness (QED) is 0.138. The number of hydrazine groups is 1. The predicted molar refractivity (Wildman–Crippen MR) is 153 cm³/mol. The summed E-state index contributed by atoms with van der Waals surface area (Å²) in [6, 6.07) is 18.8. The van der Waals surface area contributed by atoms with E-state index in [1.807, 2.05) is 12.1 Å². The van der Waals surface area contributed by atoms with Crippen molar-refractivity contribution in [1.29, 1.82) is 0 Å². The number of hydrogen-bond acceptors (Lipinski definition) is 7. The van der Waals surface area contributed by atoms with Crippen molar-refractivity contribution in [3.8, 4) is 0 Å². The first-order valence-corrected chi connectivity index (χ1v) is 14.5. The van der Waals surface area contributed by atoms with Crippen molar-refractivity contribution in [3.05, 3.63) is 71.3 Å². The predicted octanol–water partition coefficient (Wildman–Crippen LogP) is 3.68. The highest BCUT2D eigenvalue weighted by molar-refractivity contribution is 5.93. The van der Waals surface area contributed by atoms with E-state index in [0.717, 1.165) is 51.1 Å². The number of carbonyl (C=O) groups is 1. The molecule has 2 fully saturated rings. The Morgan fingerprint density at radius 3 is 2.32 bits per heavy atom. The molecule has 2 aromatic rings. The summed E-state index contributed by atoms with van der Waals surface area (Å²) in [5.41, 5.74) is 6.19. The minimum atomic E-state index is -0.714. The number of benzene rings is 2. The molecule has 38 heavy (non-hydrogen) atoms. The van der Waals surface area contributed by atoms with Crippen molar-refractivity contribution in [2.75, 3.05) is 26.2 Å². The van der Waals surface area contributed by atoms with Gasteiger partial charge in [0.05, 0.1) is 6.04 Å². The molecule has 2 aliphatic rings. The highest BCUT2D eigenvalue weighted by atomic mass is 16.3. The SMILES string of the molecule is CC(=O)c1ccc(CN(CC(NN)C(O)NCC2CCN(Cc3ccccc3)CC2)C2CCCCC2)cc1. The molecule has 2 atom stereocenters. The van der Waals surface area contributed by atoms with Crippen LogP contribution in [-0.2, 0) is 13.1 Å². The van der Waals surface area contributed by atoms with Gasteiger partial charge in [-0.05, 0) is 62.7 Å². The molecular weight excluding hydrogens is 474 g/mol. The van der Waals surface area contributed by atoms with Crippen LogP contribution in [0.4, 0.5) is 0 Å². The summed E-state index contributed by atoms with van der Waals surface area (Å²) >= 11 is 0. The molecule has 0 aromatic heterocycles. The van der Waals surface area contributed by atoms with Crippen LogP contribution < -0.4 is 16.6 Å². The first-order valence-electron chi connectivity index (χ1n) is 14.5. The number of likely N-dealkylation sites (tertiary alicyclic amines) is 1. The molecule has 1 aliphatic heterocycles. The van der Waals surface area contributed by atoms with E-state index < -0.39 is 6.23 Å². The molecule has 0 radical (unpaired) electrons. The third-order valence-corrected chi connectivity index (χ3v) is 8.44. The van der Waals surface area contributed by atoms with Crippen LogP contribution in [-0.4, -0.2) is 65.2 Å². The molecule has 1 aliphatic carbocycles. The first-order chi connectivity index (χ1) is 18.5. The second-order valence-electron chi connectivity index (χ2n) is 11.3. The Hall–Kier alpha value is -2.13. The van der Waals surface area contributed by atoms with Gasteiger partial charge < -0.3 is 5.11 Å². The maximum Gasteiger partial charge on any atom is 0.159 e. The largest absolute Gasteiger partial charge is 0.377 e. The number of nitrogens with two attached hydrogens (primary N) is 1. The molecule has 1 saturated heterocycles. The molecule has 0 spiro atoms. The molecule has 208 valence electrons.